The molecule has 0 aliphatic carbocycles. The summed E-state index contributed by atoms with van der Waals surface area (Å²) in [7, 11) is -4.91. The second-order valence-corrected chi connectivity index (χ2v) is 6.81. The average molecular weight is 391 g/mol. The second kappa shape index (κ2) is 5.20. The number of hydrogen-bond acceptors (Lipinski definition) is 4. The van der Waals surface area contributed by atoms with Gasteiger partial charge in [-0.05, 0) is 22.0 Å². The van der Waals surface area contributed by atoms with Gasteiger partial charge >= 0.3 is 16.4 Å². The smallest absolute Gasteiger partial charge is 0.294 e. The molecule has 0 radical (unpaired) electrons. The van der Waals surface area contributed by atoms with Crippen LogP contribution >= 0.6 is 15.9 Å². The van der Waals surface area contributed by atoms with Crippen LogP contribution in [0.1, 0.15) is 12.0 Å². The molecule has 0 N–H and O–H groups in total. The fourth-order valence-corrected chi connectivity index (χ4v) is 3.08. The number of hydrogen-bond donors (Lipinski definition) is 0. The zero-order valence-corrected chi connectivity index (χ0v) is 12.5. The first-order valence-electron chi connectivity index (χ1n) is 5.46. The van der Waals surface area contributed by atoms with Gasteiger partial charge in [-0.25, -0.2) is 4.98 Å². The summed E-state index contributed by atoms with van der Waals surface area (Å²) in [6.45, 7) is -0.491. The van der Waals surface area contributed by atoms with Crippen LogP contribution in [0.2, 0.25) is 0 Å². The molecule has 0 saturated carbocycles. The summed E-state index contributed by atoms with van der Waals surface area (Å²) in [5, 5.41) is -1.54. The average Bonchev–Trinajstić information content (AvgIpc) is 2.70. The zero-order valence-electron chi connectivity index (χ0n) is 10.1. The van der Waals surface area contributed by atoms with Gasteiger partial charge in [0.15, 0.2) is 0 Å². The van der Waals surface area contributed by atoms with Crippen LogP contribution in [0, 0.1) is 0 Å². The van der Waals surface area contributed by atoms with E-state index >= 15 is 0 Å². The summed E-state index contributed by atoms with van der Waals surface area (Å²) in [6.07, 6.45) is -4.66. The van der Waals surface area contributed by atoms with Gasteiger partial charge in [-0.3, -0.25) is 9.69 Å². The zero-order chi connectivity index (χ0) is 16.0. The first kappa shape index (κ1) is 16.1. The van der Waals surface area contributed by atoms with Crippen LogP contribution in [0.15, 0.2) is 16.7 Å². The first-order valence-corrected chi connectivity index (χ1v) is 7.70. The highest BCUT2D eigenvalue weighted by molar-refractivity contribution is 9.10. The molecule has 1 aromatic rings. The van der Waals surface area contributed by atoms with Crippen molar-refractivity contribution in [3.05, 3.63) is 22.3 Å². The molecule has 0 aromatic carbocycles. The van der Waals surface area contributed by atoms with Crippen molar-refractivity contribution in [2.24, 2.45) is 0 Å². The number of amides is 1. The molecule has 1 amide bonds. The molecule has 2 heterocycles. The normalized spacial score (nSPS) is 20.1. The Morgan fingerprint density at radius 2 is 2.00 bits per heavy atom. The number of anilines is 1. The van der Waals surface area contributed by atoms with Gasteiger partial charge in [0.25, 0.3) is 0 Å². The molecule has 1 aromatic heterocycles. The van der Waals surface area contributed by atoms with E-state index in [1.807, 2.05) is 0 Å². The molecule has 1 aliphatic rings. The first-order chi connectivity index (χ1) is 9.50. The lowest BCUT2D eigenvalue weighted by Gasteiger charge is -2.17. The highest BCUT2D eigenvalue weighted by Gasteiger charge is 2.40. The SMILES string of the molecule is O=C1CC(S(=O)(=O)F)CN1c1ncc(C(F)(F)F)cc1Br. The monoisotopic (exact) mass is 390 g/mol. The maximum absolute atomic E-state index is 12.9. The quantitative estimate of drug-likeness (QED) is 0.573. The minimum atomic E-state index is -4.91. The molecule has 1 saturated heterocycles. The third-order valence-electron chi connectivity index (χ3n) is 2.89. The van der Waals surface area contributed by atoms with Crippen LogP contribution in [0.5, 0.6) is 0 Å². The van der Waals surface area contributed by atoms with Crippen LogP contribution in [-0.2, 0) is 21.2 Å². The second-order valence-electron chi connectivity index (χ2n) is 4.33. The topological polar surface area (TPSA) is 67.3 Å². The third kappa shape index (κ3) is 3.34. The highest BCUT2D eigenvalue weighted by Crippen LogP contribution is 2.35. The van der Waals surface area contributed by atoms with Crippen molar-refractivity contribution in [3.8, 4) is 0 Å². The predicted molar refractivity (Wildman–Crippen MR) is 67.7 cm³/mol. The van der Waals surface area contributed by atoms with Crippen molar-refractivity contribution in [3.63, 3.8) is 0 Å². The van der Waals surface area contributed by atoms with Crippen molar-refractivity contribution in [1.29, 1.82) is 0 Å². The molecular weight excluding hydrogens is 384 g/mol. The van der Waals surface area contributed by atoms with E-state index in [9.17, 15) is 30.3 Å². The Hall–Kier alpha value is -1.23. The van der Waals surface area contributed by atoms with Gasteiger partial charge in [0.1, 0.15) is 11.1 Å². The van der Waals surface area contributed by atoms with E-state index in [4.69, 9.17) is 0 Å². The third-order valence-corrected chi connectivity index (χ3v) is 4.59. The lowest BCUT2D eigenvalue weighted by Crippen LogP contribution is -2.28. The van der Waals surface area contributed by atoms with E-state index in [-0.39, 0.29) is 10.3 Å². The van der Waals surface area contributed by atoms with E-state index in [0.717, 1.165) is 4.90 Å². The van der Waals surface area contributed by atoms with Crippen molar-refractivity contribution >= 4 is 37.9 Å². The van der Waals surface area contributed by atoms with Gasteiger partial charge in [-0.15, -0.1) is 3.89 Å². The van der Waals surface area contributed by atoms with Crippen LogP contribution in [0.3, 0.4) is 0 Å². The Labute approximate surface area is 125 Å². The molecule has 0 bridgehead atoms. The molecule has 21 heavy (non-hydrogen) atoms. The molecule has 1 unspecified atom stereocenters. The van der Waals surface area contributed by atoms with Crippen molar-refractivity contribution in [2.75, 3.05) is 11.4 Å². The number of aromatic nitrogens is 1. The van der Waals surface area contributed by atoms with Gasteiger partial charge in [0.2, 0.25) is 5.91 Å². The fraction of sp³-hybridized carbons (Fsp3) is 0.400. The molecule has 1 aliphatic heterocycles. The lowest BCUT2D eigenvalue weighted by molar-refractivity contribution is -0.137. The van der Waals surface area contributed by atoms with E-state index < -0.39 is 46.1 Å². The molecule has 2 rings (SSSR count). The molecule has 1 atom stereocenters. The molecule has 0 spiro atoms. The van der Waals surface area contributed by atoms with Gasteiger partial charge in [-0.2, -0.15) is 21.6 Å². The van der Waals surface area contributed by atoms with Crippen LogP contribution in [0.25, 0.3) is 0 Å². The summed E-state index contributed by atoms with van der Waals surface area (Å²) in [4.78, 5) is 16.0. The Morgan fingerprint density at radius 1 is 1.38 bits per heavy atom. The van der Waals surface area contributed by atoms with Gasteiger partial charge in [0.05, 0.1) is 10.0 Å². The Balaban J connectivity index is 2.34. The van der Waals surface area contributed by atoms with E-state index in [1.165, 1.54) is 0 Å². The van der Waals surface area contributed by atoms with Crippen LogP contribution in [-0.4, -0.2) is 31.1 Å². The maximum Gasteiger partial charge on any atom is 0.417 e. The summed E-state index contributed by atoms with van der Waals surface area (Å²) in [6, 6.07) is 0.715. The minimum Gasteiger partial charge on any atom is -0.294 e. The number of carbonyl (C=O) groups excluding carboxylic acids is 1. The van der Waals surface area contributed by atoms with Crippen molar-refractivity contribution in [1.82, 2.24) is 4.98 Å². The molecule has 5 nitrogen and oxygen atoms in total. The minimum absolute atomic E-state index is 0.136. The maximum atomic E-state index is 12.9. The van der Waals surface area contributed by atoms with E-state index in [2.05, 4.69) is 20.9 Å². The van der Waals surface area contributed by atoms with Gasteiger partial charge < -0.3 is 0 Å². The fourth-order valence-electron chi connectivity index (χ4n) is 1.85. The van der Waals surface area contributed by atoms with Gasteiger partial charge in [-0.1, -0.05) is 0 Å². The van der Waals surface area contributed by atoms with Crippen molar-refractivity contribution in [2.45, 2.75) is 17.8 Å². The Bertz CT molecular complexity index is 692. The largest absolute Gasteiger partial charge is 0.417 e. The van der Waals surface area contributed by atoms with Crippen LogP contribution < -0.4 is 4.90 Å². The standard InChI is InChI=1S/C10H7BrF4N2O3S/c11-7-1-5(10(12,13)14)3-16-9(7)17-4-6(2-8(17)18)21(15,19)20/h1,3,6H,2,4H2. The number of carbonyl (C=O) groups is 1. The number of nitrogens with zero attached hydrogens (tertiary/aromatic N) is 2. The number of pyridine rings is 1. The number of halogens is 5. The summed E-state index contributed by atoms with van der Waals surface area (Å²) >= 11 is 2.85. The molecule has 1 fully saturated rings. The van der Waals surface area contributed by atoms with E-state index in [0.29, 0.717) is 12.3 Å². The molecular formula is C10H7BrF4N2O3S. The highest BCUT2D eigenvalue weighted by atomic mass is 79.9. The Kier molecular flexibility index (Phi) is 4.00. The lowest BCUT2D eigenvalue weighted by atomic mass is 10.2. The Morgan fingerprint density at radius 3 is 2.43 bits per heavy atom. The van der Waals surface area contributed by atoms with Crippen molar-refractivity contribution < 1.29 is 30.3 Å². The summed E-state index contributed by atoms with van der Waals surface area (Å²) in [5.74, 6) is -0.909. The van der Waals surface area contributed by atoms with E-state index in [1.54, 1.807) is 0 Å². The summed E-state index contributed by atoms with van der Waals surface area (Å²) in [5.41, 5.74) is -1.03. The number of alkyl halides is 3. The predicted octanol–water partition coefficient (Wildman–Crippen LogP) is 2.27. The van der Waals surface area contributed by atoms with Crippen LogP contribution in [0.4, 0.5) is 22.9 Å². The molecule has 11 heteroatoms. The number of rotatable bonds is 2. The summed E-state index contributed by atoms with van der Waals surface area (Å²) < 4.78 is 71.9. The van der Waals surface area contributed by atoms with Gasteiger partial charge in [0, 0.05) is 19.2 Å². The molecule has 116 valence electrons.